The number of hydrogen-bond acceptors (Lipinski definition) is 4. The van der Waals surface area contributed by atoms with E-state index in [2.05, 4.69) is 201 Å². The van der Waals surface area contributed by atoms with Crippen molar-refractivity contribution in [2.45, 2.75) is 6.54 Å². The van der Waals surface area contributed by atoms with E-state index in [1.54, 1.807) is 6.33 Å². The zero-order chi connectivity index (χ0) is 38.6. The fourth-order valence-electron chi connectivity index (χ4n) is 9.70. The maximum absolute atomic E-state index is 5.27. The molecule has 0 atom stereocenters. The molecule has 5 heterocycles. The van der Waals surface area contributed by atoms with Crippen molar-refractivity contribution in [1.82, 2.24) is 28.7 Å². The molecule has 12 aromatic rings. The molecule has 13 rings (SSSR count). The summed E-state index contributed by atoms with van der Waals surface area (Å²) in [7, 11) is 0. The molecule has 0 saturated heterocycles. The summed E-state index contributed by atoms with van der Waals surface area (Å²) in [5.74, 6) is 1.14. The molecule has 0 radical (unpaired) electrons. The van der Waals surface area contributed by atoms with Crippen molar-refractivity contribution in [3.8, 4) is 28.7 Å². The van der Waals surface area contributed by atoms with Crippen LogP contribution in [0.5, 0.6) is 0 Å². The van der Waals surface area contributed by atoms with Crippen LogP contribution in [-0.2, 0) is 6.54 Å². The van der Waals surface area contributed by atoms with Crippen molar-refractivity contribution in [1.29, 1.82) is 0 Å². The molecule has 0 N–H and O–H groups in total. The fraction of sp³-hybridized carbons (Fsp3) is 0.0192. The van der Waals surface area contributed by atoms with E-state index in [1.165, 1.54) is 44.2 Å². The van der Waals surface area contributed by atoms with Crippen LogP contribution in [0.1, 0.15) is 5.56 Å². The molecule has 0 aliphatic carbocycles. The van der Waals surface area contributed by atoms with Crippen molar-refractivity contribution in [3.63, 3.8) is 0 Å². The van der Waals surface area contributed by atoms with Gasteiger partial charge in [0, 0.05) is 61.5 Å². The van der Waals surface area contributed by atoms with Crippen LogP contribution in [-0.4, -0.2) is 28.7 Å². The highest BCUT2D eigenvalue weighted by Crippen LogP contribution is 2.44. The predicted octanol–water partition coefficient (Wildman–Crippen LogP) is 12.5. The van der Waals surface area contributed by atoms with Gasteiger partial charge in [0.15, 0.2) is 0 Å². The summed E-state index contributed by atoms with van der Waals surface area (Å²) < 4.78 is 6.71. The Bertz CT molecular complexity index is 3630. The average molecular weight is 756 g/mol. The number of anilines is 2. The minimum absolute atomic E-state index is 0.567. The highest BCUT2D eigenvalue weighted by Gasteiger charge is 2.25. The Balaban J connectivity index is 0.969. The van der Waals surface area contributed by atoms with Gasteiger partial charge in [0.05, 0.1) is 33.1 Å². The van der Waals surface area contributed by atoms with Crippen LogP contribution >= 0.6 is 0 Å². The fourth-order valence-corrected chi connectivity index (χ4v) is 9.70. The number of rotatable bonds is 4. The largest absolute Gasteiger partial charge is 0.336 e. The van der Waals surface area contributed by atoms with E-state index in [4.69, 9.17) is 15.0 Å². The third-order valence-corrected chi connectivity index (χ3v) is 12.2. The molecular weight excluding hydrogens is 723 g/mol. The number of hydrogen-bond donors (Lipinski definition) is 0. The summed E-state index contributed by atoms with van der Waals surface area (Å²) in [5.41, 5.74) is 13.8. The Kier molecular flexibility index (Phi) is 6.66. The van der Waals surface area contributed by atoms with E-state index >= 15 is 0 Å². The quantitative estimate of drug-likeness (QED) is 0.179. The van der Waals surface area contributed by atoms with Gasteiger partial charge in [-0.2, -0.15) is 4.98 Å². The molecule has 0 saturated carbocycles. The van der Waals surface area contributed by atoms with Gasteiger partial charge < -0.3 is 9.47 Å². The molecule has 7 nitrogen and oxygen atoms in total. The van der Waals surface area contributed by atoms with Gasteiger partial charge in [-0.3, -0.25) is 9.13 Å². The van der Waals surface area contributed by atoms with Crippen LogP contribution in [0.4, 0.5) is 11.4 Å². The zero-order valence-electron chi connectivity index (χ0n) is 31.7. The van der Waals surface area contributed by atoms with Crippen LogP contribution in [0.25, 0.3) is 94.1 Å². The van der Waals surface area contributed by atoms with Crippen molar-refractivity contribution in [3.05, 3.63) is 194 Å². The number of fused-ring (bicyclic) bond motifs is 12. The molecule has 0 amide bonds. The standard InChI is InChI=1S/C52H33N7/c1-2-14-36-33(13-1)31-56(44-20-8-3-15-37(36)44)34-25-27-49-42(29-34)40-18-6-11-23-47(40)58(49)51-53-32-54-52(55-51)59-48-24-12-7-19-41(48)43-30-35(26-28-50(43)59)57-45-21-9-4-16-38(45)39-17-5-10-22-46(39)57/h1-30,32H,31H2. The van der Waals surface area contributed by atoms with Crippen LogP contribution in [0, 0.1) is 0 Å². The average Bonchev–Trinajstić information content (AvgIpc) is 3.94. The minimum Gasteiger partial charge on any atom is -0.336 e. The normalized spacial score (nSPS) is 12.6. The summed E-state index contributed by atoms with van der Waals surface area (Å²) >= 11 is 0. The van der Waals surface area contributed by atoms with Gasteiger partial charge >= 0.3 is 0 Å². The van der Waals surface area contributed by atoms with E-state index < -0.39 is 0 Å². The maximum atomic E-state index is 5.27. The second kappa shape index (κ2) is 12.2. The summed E-state index contributed by atoms with van der Waals surface area (Å²) in [4.78, 5) is 17.4. The number of benzene rings is 8. The Morgan fingerprint density at radius 1 is 0.356 bits per heavy atom. The third-order valence-electron chi connectivity index (χ3n) is 12.2. The molecule has 0 bridgehead atoms. The molecule has 7 heteroatoms. The summed E-state index contributed by atoms with van der Waals surface area (Å²) in [6.07, 6.45) is 1.64. The lowest BCUT2D eigenvalue weighted by molar-refractivity contribution is 0.886. The summed E-state index contributed by atoms with van der Waals surface area (Å²) in [6, 6.07) is 65.3. The highest BCUT2D eigenvalue weighted by atomic mass is 15.3. The molecule has 0 fully saturated rings. The van der Waals surface area contributed by atoms with Crippen LogP contribution in [0.15, 0.2) is 188 Å². The zero-order valence-corrected chi connectivity index (χ0v) is 31.7. The molecule has 0 spiro atoms. The van der Waals surface area contributed by atoms with Gasteiger partial charge in [-0.05, 0) is 77.9 Å². The first-order valence-corrected chi connectivity index (χ1v) is 20.0. The molecule has 1 aliphatic heterocycles. The Morgan fingerprint density at radius 3 is 1.41 bits per heavy atom. The number of nitrogens with zero attached hydrogens (tertiary/aromatic N) is 7. The highest BCUT2D eigenvalue weighted by molar-refractivity contribution is 6.13. The van der Waals surface area contributed by atoms with E-state index in [1.807, 2.05) is 0 Å². The molecule has 4 aromatic heterocycles. The summed E-state index contributed by atoms with van der Waals surface area (Å²) in [6.45, 7) is 0.799. The predicted molar refractivity (Wildman–Crippen MR) is 241 cm³/mol. The first-order valence-electron chi connectivity index (χ1n) is 20.0. The molecule has 1 aliphatic rings. The molecule has 59 heavy (non-hydrogen) atoms. The van der Waals surface area contributed by atoms with Crippen molar-refractivity contribution in [2.75, 3.05) is 4.90 Å². The monoisotopic (exact) mass is 755 g/mol. The van der Waals surface area contributed by atoms with Crippen molar-refractivity contribution >= 4 is 76.8 Å². The van der Waals surface area contributed by atoms with Crippen molar-refractivity contribution < 1.29 is 0 Å². The van der Waals surface area contributed by atoms with Crippen molar-refractivity contribution in [2.24, 2.45) is 0 Å². The van der Waals surface area contributed by atoms with Gasteiger partial charge in [-0.15, -0.1) is 0 Å². The molecular formula is C52H33N7. The first kappa shape index (κ1) is 32.1. The van der Waals surface area contributed by atoms with E-state index in [9.17, 15) is 0 Å². The van der Waals surface area contributed by atoms with E-state index in [0.717, 1.165) is 61.5 Å². The molecule has 0 unspecified atom stereocenters. The number of aromatic nitrogens is 6. The lowest BCUT2D eigenvalue weighted by atomic mass is 9.93. The second-order valence-corrected chi connectivity index (χ2v) is 15.3. The second-order valence-electron chi connectivity index (χ2n) is 15.3. The van der Waals surface area contributed by atoms with Gasteiger partial charge in [-0.1, -0.05) is 115 Å². The van der Waals surface area contributed by atoms with Gasteiger partial charge in [0.25, 0.3) is 0 Å². The van der Waals surface area contributed by atoms with Crippen LogP contribution in [0.3, 0.4) is 0 Å². The number of para-hydroxylation sites is 5. The van der Waals surface area contributed by atoms with E-state index in [-0.39, 0.29) is 0 Å². The first-order chi connectivity index (χ1) is 29.3. The van der Waals surface area contributed by atoms with E-state index in [0.29, 0.717) is 11.9 Å². The van der Waals surface area contributed by atoms with Gasteiger partial charge in [0.1, 0.15) is 6.33 Å². The Morgan fingerprint density at radius 2 is 0.797 bits per heavy atom. The van der Waals surface area contributed by atoms with Gasteiger partial charge in [0.2, 0.25) is 11.9 Å². The Hall–Kier alpha value is -8.03. The van der Waals surface area contributed by atoms with Crippen LogP contribution < -0.4 is 4.90 Å². The topological polar surface area (TPSA) is 56.7 Å². The molecule has 8 aromatic carbocycles. The van der Waals surface area contributed by atoms with Gasteiger partial charge in [-0.25, -0.2) is 9.97 Å². The third kappa shape index (κ3) is 4.61. The Labute approximate surface area is 338 Å². The SMILES string of the molecule is c1ccc2c(c1)CN(c1ccc3c(c1)c1ccccc1n3-c1ncnc(-n3c4ccccc4c4cc(-n5c6ccccc6c6ccccc65)ccc43)n1)c1ccccc1-2. The lowest BCUT2D eigenvalue weighted by Crippen LogP contribution is -2.21. The summed E-state index contributed by atoms with van der Waals surface area (Å²) in [5, 5.41) is 7.04. The maximum Gasteiger partial charge on any atom is 0.239 e. The minimum atomic E-state index is 0.567. The smallest absolute Gasteiger partial charge is 0.239 e. The van der Waals surface area contributed by atoms with Crippen LogP contribution in [0.2, 0.25) is 0 Å². The molecule has 276 valence electrons. The lowest BCUT2D eigenvalue weighted by Gasteiger charge is -2.33.